The number of carbonyl (C=O) groups excluding carboxylic acids is 1. The van der Waals surface area contributed by atoms with Crippen molar-refractivity contribution in [2.45, 2.75) is 33.2 Å². The normalized spacial score (nSPS) is 10.4. The molecular formula is C15H18N2O2. The summed E-state index contributed by atoms with van der Waals surface area (Å²) in [6, 6.07) is 8.12. The quantitative estimate of drug-likeness (QED) is 0.896. The first-order valence-corrected chi connectivity index (χ1v) is 6.37. The van der Waals surface area contributed by atoms with Crippen molar-refractivity contribution in [2.24, 2.45) is 0 Å². The maximum absolute atomic E-state index is 11.8. The Morgan fingerprint density at radius 1 is 1.32 bits per heavy atom. The maximum atomic E-state index is 11.8. The van der Waals surface area contributed by atoms with E-state index in [0.29, 0.717) is 18.7 Å². The number of oxazole rings is 1. The van der Waals surface area contributed by atoms with Crippen molar-refractivity contribution < 1.29 is 9.21 Å². The van der Waals surface area contributed by atoms with Crippen LogP contribution in [0, 0.1) is 13.8 Å². The summed E-state index contributed by atoms with van der Waals surface area (Å²) in [6.07, 6.45) is 2.64. The molecule has 2 rings (SSSR count). The number of amides is 1. The summed E-state index contributed by atoms with van der Waals surface area (Å²) in [5, 5.41) is 2.84. The monoisotopic (exact) mass is 258 g/mol. The molecule has 4 heteroatoms. The minimum absolute atomic E-state index is 0.0269. The van der Waals surface area contributed by atoms with Crippen molar-refractivity contribution in [3.05, 3.63) is 53.2 Å². The lowest BCUT2D eigenvalue weighted by Gasteiger charge is -2.06. The van der Waals surface area contributed by atoms with E-state index >= 15 is 0 Å². The molecule has 1 heterocycles. The Labute approximate surface area is 112 Å². The van der Waals surface area contributed by atoms with Crippen LogP contribution < -0.4 is 5.32 Å². The number of carbonyl (C=O) groups is 1. The van der Waals surface area contributed by atoms with E-state index in [1.807, 2.05) is 19.1 Å². The van der Waals surface area contributed by atoms with Gasteiger partial charge in [0.15, 0.2) is 6.39 Å². The summed E-state index contributed by atoms with van der Waals surface area (Å²) >= 11 is 0. The van der Waals surface area contributed by atoms with Crippen LogP contribution in [0.3, 0.4) is 0 Å². The van der Waals surface area contributed by atoms with Gasteiger partial charge >= 0.3 is 0 Å². The highest BCUT2D eigenvalue weighted by atomic mass is 16.3. The van der Waals surface area contributed by atoms with E-state index in [1.54, 1.807) is 0 Å². The van der Waals surface area contributed by atoms with Gasteiger partial charge in [0.2, 0.25) is 5.91 Å². The van der Waals surface area contributed by atoms with Gasteiger partial charge in [-0.1, -0.05) is 24.3 Å². The Morgan fingerprint density at radius 2 is 2.11 bits per heavy atom. The van der Waals surface area contributed by atoms with Crippen molar-refractivity contribution in [2.75, 3.05) is 0 Å². The number of benzene rings is 1. The molecule has 0 unspecified atom stereocenters. The minimum atomic E-state index is 0.0269. The number of rotatable bonds is 5. The second-order valence-electron chi connectivity index (χ2n) is 4.56. The van der Waals surface area contributed by atoms with E-state index in [0.717, 1.165) is 12.1 Å². The van der Waals surface area contributed by atoms with Crippen molar-refractivity contribution in [1.82, 2.24) is 10.3 Å². The lowest BCUT2D eigenvalue weighted by Crippen LogP contribution is -2.23. The van der Waals surface area contributed by atoms with Gasteiger partial charge in [0.25, 0.3) is 0 Å². The lowest BCUT2D eigenvalue weighted by molar-refractivity contribution is -0.121. The third-order valence-corrected chi connectivity index (χ3v) is 3.17. The van der Waals surface area contributed by atoms with Crippen LogP contribution in [-0.4, -0.2) is 10.9 Å². The molecule has 4 nitrogen and oxygen atoms in total. The van der Waals surface area contributed by atoms with Gasteiger partial charge < -0.3 is 9.73 Å². The van der Waals surface area contributed by atoms with E-state index < -0.39 is 0 Å². The van der Waals surface area contributed by atoms with Crippen LogP contribution in [-0.2, 0) is 17.8 Å². The van der Waals surface area contributed by atoms with E-state index in [1.165, 1.54) is 17.5 Å². The van der Waals surface area contributed by atoms with Crippen LogP contribution in [0.2, 0.25) is 0 Å². The molecule has 1 N–H and O–H groups in total. The lowest BCUT2D eigenvalue weighted by atomic mass is 10.0. The van der Waals surface area contributed by atoms with Crippen LogP contribution in [0.5, 0.6) is 0 Å². The molecule has 0 aliphatic rings. The van der Waals surface area contributed by atoms with Crippen LogP contribution in [0.4, 0.5) is 0 Å². The fourth-order valence-corrected chi connectivity index (χ4v) is 1.90. The van der Waals surface area contributed by atoms with Gasteiger partial charge in [0.05, 0.1) is 12.2 Å². The summed E-state index contributed by atoms with van der Waals surface area (Å²) in [7, 11) is 0. The van der Waals surface area contributed by atoms with Gasteiger partial charge in [-0.15, -0.1) is 0 Å². The molecule has 100 valence electrons. The molecule has 1 aromatic carbocycles. The first-order valence-electron chi connectivity index (χ1n) is 6.37. The van der Waals surface area contributed by atoms with Gasteiger partial charge in [-0.2, -0.15) is 0 Å². The van der Waals surface area contributed by atoms with Gasteiger partial charge in [0.1, 0.15) is 5.76 Å². The molecular weight excluding hydrogens is 240 g/mol. The summed E-state index contributed by atoms with van der Waals surface area (Å²) in [6.45, 7) is 4.32. The first-order chi connectivity index (χ1) is 9.16. The van der Waals surface area contributed by atoms with Gasteiger partial charge in [-0.3, -0.25) is 4.79 Å². The highest BCUT2D eigenvalue weighted by molar-refractivity contribution is 5.76. The highest BCUT2D eigenvalue weighted by Crippen LogP contribution is 2.09. The molecule has 0 bridgehead atoms. The number of nitrogens with zero attached hydrogens (tertiary/aromatic N) is 1. The number of hydrogen-bond acceptors (Lipinski definition) is 3. The molecule has 0 aliphatic carbocycles. The summed E-state index contributed by atoms with van der Waals surface area (Å²) < 4.78 is 5.17. The molecule has 0 aliphatic heterocycles. The molecule has 1 amide bonds. The Hall–Kier alpha value is -2.10. The first kappa shape index (κ1) is 13.3. The molecule has 0 saturated heterocycles. The van der Waals surface area contributed by atoms with Crippen molar-refractivity contribution >= 4 is 5.91 Å². The molecule has 0 atom stereocenters. The number of aryl methyl sites for hydroxylation is 3. The Kier molecular flexibility index (Phi) is 4.34. The predicted octanol–water partition coefficient (Wildman–Crippen LogP) is 2.54. The Morgan fingerprint density at radius 3 is 2.79 bits per heavy atom. The third-order valence-electron chi connectivity index (χ3n) is 3.17. The Balaban J connectivity index is 1.79. The second kappa shape index (κ2) is 6.18. The van der Waals surface area contributed by atoms with E-state index in [-0.39, 0.29) is 5.91 Å². The van der Waals surface area contributed by atoms with Crippen LogP contribution in [0.25, 0.3) is 0 Å². The fraction of sp³-hybridized carbons (Fsp3) is 0.333. The van der Waals surface area contributed by atoms with E-state index in [9.17, 15) is 4.79 Å². The largest absolute Gasteiger partial charge is 0.446 e. The number of hydrogen-bond donors (Lipinski definition) is 1. The van der Waals surface area contributed by atoms with Crippen LogP contribution in [0.15, 0.2) is 35.1 Å². The van der Waals surface area contributed by atoms with Crippen LogP contribution >= 0.6 is 0 Å². The average molecular weight is 258 g/mol. The predicted molar refractivity (Wildman–Crippen MR) is 72.6 cm³/mol. The maximum Gasteiger partial charge on any atom is 0.220 e. The topological polar surface area (TPSA) is 55.1 Å². The third kappa shape index (κ3) is 3.68. The molecule has 0 spiro atoms. The zero-order chi connectivity index (χ0) is 13.7. The zero-order valence-corrected chi connectivity index (χ0v) is 11.3. The zero-order valence-electron chi connectivity index (χ0n) is 11.3. The number of aromatic nitrogens is 1. The summed E-state index contributed by atoms with van der Waals surface area (Å²) in [5.41, 5.74) is 3.26. The molecule has 2 aromatic rings. The SMILES string of the molecule is Cc1ccccc1CCC(=O)NCc1ocnc1C. The van der Waals surface area contributed by atoms with Crippen molar-refractivity contribution in [3.8, 4) is 0 Å². The minimum Gasteiger partial charge on any atom is -0.446 e. The summed E-state index contributed by atoms with van der Waals surface area (Å²) in [4.78, 5) is 15.7. The average Bonchev–Trinajstić information content (AvgIpc) is 2.81. The second-order valence-corrected chi connectivity index (χ2v) is 4.56. The van der Waals surface area contributed by atoms with E-state index in [2.05, 4.69) is 29.4 Å². The molecule has 0 fully saturated rings. The van der Waals surface area contributed by atoms with Crippen molar-refractivity contribution in [1.29, 1.82) is 0 Å². The van der Waals surface area contributed by atoms with Gasteiger partial charge in [0, 0.05) is 6.42 Å². The highest BCUT2D eigenvalue weighted by Gasteiger charge is 2.07. The fourth-order valence-electron chi connectivity index (χ4n) is 1.90. The van der Waals surface area contributed by atoms with Crippen LogP contribution in [0.1, 0.15) is 29.0 Å². The molecule has 19 heavy (non-hydrogen) atoms. The molecule has 0 radical (unpaired) electrons. The van der Waals surface area contributed by atoms with Crippen molar-refractivity contribution in [3.63, 3.8) is 0 Å². The smallest absolute Gasteiger partial charge is 0.220 e. The van der Waals surface area contributed by atoms with Gasteiger partial charge in [-0.25, -0.2) is 4.98 Å². The Bertz CT molecular complexity index is 561. The number of nitrogens with one attached hydrogen (secondary N) is 1. The summed E-state index contributed by atoms with van der Waals surface area (Å²) in [5.74, 6) is 0.739. The molecule has 1 aromatic heterocycles. The van der Waals surface area contributed by atoms with Gasteiger partial charge in [-0.05, 0) is 31.4 Å². The molecule has 0 saturated carbocycles. The van der Waals surface area contributed by atoms with E-state index in [4.69, 9.17) is 4.42 Å². The standard InChI is InChI=1S/C15H18N2O2/c1-11-5-3-4-6-13(11)7-8-15(18)16-9-14-12(2)17-10-19-14/h3-6,10H,7-9H2,1-2H3,(H,16,18).